The maximum Gasteiger partial charge on any atom is 0.192 e. The quantitative estimate of drug-likeness (QED) is 0.749. The van der Waals surface area contributed by atoms with Crippen molar-refractivity contribution in [3.63, 3.8) is 0 Å². The van der Waals surface area contributed by atoms with Crippen molar-refractivity contribution in [3.8, 4) is 0 Å². The van der Waals surface area contributed by atoms with Crippen LogP contribution in [0.1, 0.15) is 37.0 Å². The minimum absolute atomic E-state index is 0.221. The Hall–Kier alpha value is -1.37. The summed E-state index contributed by atoms with van der Waals surface area (Å²) in [5.41, 5.74) is 1.97. The van der Waals surface area contributed by atoms with E-state index in [-0.39, 0.29) is 5.04 Å². The van der Waals surface area contributed by atoms with Crippen LogP contribution < -0.4 is 0 Å². The average molecular weight is 334 g/mol. The Bertz CT molecular complexity index is 632. The molecule has 0 radical (unpaired) electrons. The van der Waals surface area contributed by atoms with Crippen molar-refractivity contribution in [2.24, 2.45) is 0 Å². The summed E-state index contributed by atoms with van der Waals surface area (Å²) >= 11 is 1.62. The Morgan fingerprint density at radius 1 is 1.18 bits per heavy atom. The first kappa shape index (κ1) is 17.0. The third-order valence-electron chi connectivity index (χ3n) is 3.96. The van der Waals surface area contributed by atoms with Crippen LogP contribution in [0.3, 0.4) is 0 Å². The van der Waals surface area contributed by atoms with Crippen LogP contribution in [0.25, 0.3) is 12.2 Å². The zero-order chi connectivity index (χ0) is 16.2. The summed E-state index contributed by atoms with van der Waals surface area (Å²) < 4.78 is 6.20. The summed E-state index contributed by atoms with van der Waals surface area (Å²) in [6, 6.07) is 0. The lowest BCUT2D eigenvalue weighted by molar-refractivity contribution is 0.273. The Balaban J connectivity index is 1.96. The molecule has 0 saturated carbocycles. The minimum Gasteiger partial charge on any atom is -0.411 e. The zero-order valence-corrected chi connectivity index (χ0v) is 15.6. The molecule has 0 N–H and O–H groups in total. The van der Waals surface area contributed by atoms with E-state index in [1.165, 1.54) is 6.33 Å². The van der Waals surface area contributed by atoms with Gasteiger partial charge in [0.2, 0.25) is 0 Å². The molecule has 0 fully saturated rings. The van der Waals surface area contributed by atoms with Crippen molar-refractivity contribution in [1.82, 2.24) is 15.0 Å². The first-order valence-corrected chi connectivity index (χ1v) is 11.1. The molecule has 118 valence electrons. The molecule has 22 heavy (non-hydrogen) atoms. The third kappa shape index (κ3) is 4.56. The molecule has 4 nitrogen and oxygen atoms in total. The van der Waals surface area contributed by atoms with Gasteiger partial charge in [0.25, 0.3) is 0 Å². The number of rotatable bonds is 5. The fourth-order valence-corrected chi connectivity index (χ4v) is 3.14. The van der Waals surface area contributed by atoms with Crippen LogP contribution in [-0.2, 0) is 11.0 Å². The second-order valence-electron chi connectivity index (χ2n) is 6.73. The largest absolute Gasteiger partial charge is 0.411 e. The van der Waals surface area contributed by atoms with Crippen molar-refractivity contribution in [3.05, 3.63) is 40.4 Å². The van der Waals surface area contributed by atoms with Crippen LogP contribution in [0.15, 0.2) is 24.1 Å². The van der Waals surface area contributed by atoms with E-state index in [0.29, 0.717) is 6.61 Å². The molecular formula is C16H23N3OSSi. The van der Waals surface area contributed by atoms with E-state index in [9.17, 15) is 0 Å². The molecule has 0 aliphatic heterocycles. The Labute approximate surface area is 137 Å². The first-order valence-electron chi connectivity index (χ1n) is 7.29. The topological polar surface area (TPSA) is 47.9 Å². The fourth-order valence-electron chi connectivity index (χ4n) is 1.50. The Kier molecular flexibility index (Phi) is 5.26. The van der Waals surface area contributed by atoms with Crippen LogP contribution in [-0.4, -0.2) is 23.3 Å². The zero-order valence-electron chi connectivity index (χ0n) is 13.8. The Morgan fingerprint density at radius 2 is 1.86 bits per heavy atom. The highest BCUT2D eigenvalue weighted by Crippen LogP contribution is 2.37. The van der Waals surface area contributed by atoms with Crippen LogP contribution in [0, 0.1) is 0 Å². The number of nitrogens with zero attached hydrogens (tertiary/aromatic N) is 3. The average Bonchev–Trinajstić information content (AvgIpc) is 2.91. The fraction of sp³-hybridized carbons (Fsp3) is 0.438. The van der Waals surface area contributed by atoms with Crippen molar-refractivity contribution in [2.45, 2.75) is 45.5 Å². The summed E-state index contributed by atoms with van der Waals surface area (Å²) in [6.45, 7) is 11.9. The maximum atomic E-state index is 6.20. The second kappa shape index (κ2) is 6.81. The number of aromatic nitrogens is 3. The smallest absolute Gasteiger partial charge is 0.192 e. The highest BCUT2D eigenvalue weighted by molar-refractivity contribution is 7.10. The molecule has 0 aliphatic carbocycles. The predicted molar refractivity (Wildman–Crippen MR) is 95.1 cm³/mol. The molecule has 0 aromatic carbocycles. The standard InChI is InChI=1S/C16H23N3OSSi/c1-16(2,3)22(4,5)20-10-14-11-21-15(19-14)7-6-13-8-17-12-18-9-13/h6-9,11-12H,10H2,1-5H3. The predicted octanol–water partition coefficient (Wildman–Crippen LogP) is 4.63. The van der Waals surface area contributed by atoms with E-state index in [1.54, 1.807) is 23.7 Å². The van der Waals surface area contributed by atoms with Gasteiger partial charge in [0.05, 0.1) is 12.3 Å². The molecule has 2 aromatic rings. The van der Waals surface area contributed by atoms with Crippen LogP contribution in [0.4, 0.5) is 0 Å². The summed E-state index contributed by atoms with van der Waals surface area (Å²) in [5, 5.41) is 3.26. The van der Waals surface area contributed by atoms with Crippen molar-refractivity contribution < 1.29 is 4.43 Å². The first-order chi connectivity index (χ1) is 10.3. The van der Waals surface area contributed by atoms with Crippen LogP contribution >= 0.6 is 11.3 Å². The van der Waals surface area contributed by atoms with E-state index >= 15 is 0 Å². The lowest BCUT2D eigenvalue weighted by atomic mass is 10.2. The van der Waals surface area contributed by atoms with Gasteiger partial charge in [0, 0.05) is 23.3 Å². The van der Waals surface area contributed by atoms with Crippen molar-refractivity contribution in [1.29, 1.82) is 0 Å². The van der Waals surface area contributed by atoms with Crippen molar-refractivity contribution in [2.75, 3.05) is 0 Å². The molecule has 0 aliphatic rings. The van der Waals surface area contributed by atoms with E-state index in [4.69, 9.17) is 4.43 Å². The van der Waals surface area contributed by atoms with Gasteiger partial charge in [0.1, 0.15) is 11.3 Å². The van der Waals surface area contributed by atoms with Crippen molar-refractivity contribution >= 4 is 31.8 Å². The summed E-state index contributed by atoms with van der Waals surface area (Å²) in [4.78, 5) is 12.6. The van der Waals surface area contributed by atoms with Gasteiger partial charge >= 0.3 is 0 Å². The summed E-state index contributed by atoms with van der Waals surface area (Å²) in [7, 11) is -1.72. The minimum atomic E-state index is -1.72. The maximum absolute atomic E-state index is 6.20. The van der Waals surface area contributed by atoms with Gasteiger partial charge in [-0.15, -0.1) is 11.3 Å². The van der Waals surface area contributed by atoms with E-state index in [2.05, 4.69) is 54.2 Å². The SMILES string of the molecule is CC(C)(C)[Si](C)(C)OCc1csc(C=Cc2cncnc2)n1. The third-order valence-corrected chi connectivity index (χ3v) is 9.29. The van der Waals surface area contributed by atoms with Gasteiger partial charge in [0.15, 0.2) is 8.32 Å². The molecule has 0 spiro atoms. The second-order valence-corrected chi connectivity index (χ2v) is 12.4. The molecule has 2 aromatic heterocycles. The van der Waals surface area contributed by atoms with Crippen LogP contribution in [0.2, 0.25) is 18.1 Å². The normalized spacial score (nSPS) is 13.0. The molecule has 6 heteroatoms. The monoisotopic (exact) mass is 333 g/mol. The van der Waals surface area contributed by atoms with E-state index in [1.807, 2.05) is 12.2 Å². The highest BCUT2D eigenvalue weighted by Gasteiger charge is 2.37. The Morgan fingerprint density at radius 3 is 2.50 bits per heavy atom. The summed E-state index contributed by atoms with van der Waals surface area (Å²) in [6.07, 6.45) is 9.03. The molecule has 0 amide bonds. The summed E-state index contributed by atoms with van der Waals surface area (Å²) in [5.74, 6) is 0. The van der Waals surface area contributed by atoms with E-state index < -0.39 is 8.32 Å². The number of hydrogen-bond acceptors (Lipinski definition) is 5. The lowest BCUT2D eigenvalue weighted by Crippen LogP contribution is -2.40. The molecule has 0 saturated heterocycles. The molecule has 0 unspecified atom stereocenters. The van der Waals surface area contributed by atoms with Gasteiger partial charge < -0.3 is 4.43 Å². The molecular weight excluding hydrogens is 310 g/mol. The van der Waals surface area contributed by atoms with Gasteiger partial charge in [-0.25, -0.2) is 15.0 Å². The lowest BCUT2D eigenvalue weighted by Gasteiger charge is -2.35. The van der Waals surface area contributed by atoms with Gasteiger partial charge in [-0.3, -0.25) is 0 Å². The molecule has 2 rings (SSSR count). The molecule has 0 bridgehead atoms. The van der Waals surface area contributed by atoms with E-state index in [0.717, 1.165) is 16.3 Å². The number of thiazole rings is 1. The van der Waals surface area contributed by atoms with Gasteiger partial charge in [-0.05, 0) is 30.3 Å². The van der Waals surface area contributed by atoms with Gasteiger partial charge in [-0.2, -0.15) is 0 Å². The number of hydrogen-bond donors (Lipinski definition) is 0. The molecule has 0 atom stereocenters. The highest BCUT2D eigenvalue weighted by atomic mass is 32.1. The van der Waals surface area contributed by atoms with Gasteiger partial charge in [-0.1, -0.05) is 20.8 Å². The molecule has 2 heterocycles. The van der Waals surface area contributed by atoms with Crippen LogP contribution in [0.5, 0.6) is 0 Å².